The van der Waals surface area contributed by atoms with E-state index in [2.05, 4.69) is 19.9 Å². The first kappa shape index (κ1) is 19.3. The highest BCUT2D eigenvalue weighted by Crippen LogP contribution is 2.21. The highest BCUT2D eigenvalue weighted by Gasteiger charge is 2.24. The van der Waals surface area contributed by atoms with Crippen molar-refractivity contribution in [3.63, 3.8) is 0 Å². The number of carbonyl (C=O) groups is 1. The summed E-state index contributed by atoms with van der Waals surface area (Å²) in [5.41, 5.74) is 3.81. The van der Waals surface area contributed by atoms with Crippen molar-refractivity contribution in [2.24, 2.45) is 0 Å². The molecule has 8 nitrogen and oxygen atoms in total. The van der Waals surface area contributed by atoms with Gasteiger partial charge in [-0.3, -0.25) is 9.78 Å². The summed E-state index contributed by atoms with van der Waals surface area (Å²) < 4.78 is 10.8. The lowest BCUT2D eigenvalue weighted by molar-refractivity contribution is 0.0746. The first-order valence-electron chi connectivity index (χ1n) is 9.78. The fourth-order valence-corrected chi connectivity index (χ4v) is 3.53. The Bertz CT molecular complexity index is 1020. The van der Waals surface area contributed by atoms with E-state index in [0.717, 1.165) is 35.8 Å². The Morgan fingerprint density at radius 2 is 1.97 bits per heavy atom. The van der Waals surface area contributed by atoms with Crippen molar-refractivity contribution >= 4 is 22.8 Å². The van der Waals surface area contributed by atoms with Crippen LogP contribution in [-0.2, 0) is 11.2 Å². The minimum Gasteiger partial charge on any atom is -0.441 e. The molecule has 0 radical (unpaired) electrons. The van der Waals surface area contributed by atoms with Crippen molar-refractivity contribution in [1.82, 2.24) is 19.9 Å². The van der Waals surface area contributed by atoms with Crippen LogP contribution in [-0.4, -0.2) is 65.7 Å². The molecule has 0 spiro atoms. The molecule has 3 aromatic rings. The quantitative estimate of drug-likeness (QED) is 0.656. The average molecular weight is 395 g/mol. The molecule has 0 bridgehead atoms. The van der Waals surface area contributed by atoms with Crippen LogP contribution in [0.1, 0.15) is 27.6 Å². The zero-order chi connectivity index (χ0) is 20.4. The number of amides is 1. The van der Waals surface area contributed by atoms with Gasteiger partial charge in [-0.15, -0.1) is 0 Å². The van der Waals surface area contributed by atoms with Crippen LogP contribution >= 0.6 is 0 Å². The number of rotatable bonds is 5. The van der Waals surface area contributed by atoms with E-state index >= 15 is 0 Å². The lowest BCUT2D eigenvalue weighted by Gasteiger charge is -2.36. The summed E-state index contributed by atoms with van der Waals surface area (Å²) in [4.78, 5) is 30.5. The first-order chi connectivity index (χ1) is 14.0. The monoisotopic (exact) mass is 395 g/mol. The number of carbonyl (C=O) groups excluding carboxylic acids is 1. The molecule has 0 atom stereocenters. The molecular weight excluding hydrogens is 370 g/mol. The molecule has 1 saturated heterocycles. The molecule has 3 heterocycles. The normalized spacial score (nSPS) is 14.6. The second kappa shape index (κ2) is 8.16. The maximum absolute atomic E-state index is 13.0. The Hall–Kier alpha value is -3.00. The van der Waals surface area contributed by atoms with Crippen LogP contribution < -0.4 is 4.90 Å². The van der Waals surface area contributed by atoms with Crippen molar-refractivity contribution in [2.45, 2.75) is 20.3 Å². The number of hydrogen-bond acceptors (Lipinski definition) is 7. The fourth-order valence-electron chi connectivity index (χ4n) is 3.53. The van der Waals surface area contributed by atoms with Gasteiger partial charge in [0.15, 0.2) is 11.5 Å². The summed E-state index contributed by atoms with van der Waals surface area (Å²) in [6, 6.07) is 5.43. The summed E-state index contributed by atoms with van der Waals surface area (Å²) in [6.07, 6.45) is 2.39. The Kier molecular flexibility index (Phi) is 5.44. The second-order valence-corrected chi connectivity index (χ2v) is 7.23. The maximum atomic E-state index is 13.0. The number of aromatic nitrogens is 3. The summed E-state index contributed by atoms with van der Waals surface area (Å²) in [7, 11) is 1.64. The predicted octanol–water partition coefficient (Wildman–Crippen LogP) is 2.39. The molecule has 29 heavy (non-hydrogen) atoms. The van der Waals surface area contributed by atoms with Gasteiger partial charge in [0.2, 0.25) is 0 Å². The van der Waals surface area contributed by atoms with Gasteiger partial charge in [-0.1, -0.05) is 0 Å². The van der Waals surface area contributed by atoms with Crippen molar-refractivity contribution < 1.29 is 13.9 Å². The van der Waals surface area contributed by atoms with E-state index in [1.165, 1.54) is 0 Å². The number of anilines is 1. The van der Waals surface area contributed by atoms with Crippen LogP contribution in [0.4, 0.5) is 5.82 Å². The summed E-state index contributed by atoms with van der Waals surface area (Å²) in [5, 5.41) is 0. The minimum absolute atomic E-state index is 0.00781. The van der Waals surface area contributed by atoms with Crippen LogP contribution in [0, 0.1) is 13.8 Å². The SMILES string of the molecule is COCCc1nc2ccc(C(=O)N3CCN(c4nc(C)cnc4C)CC3)cc2o1. The fraction of sp³-hybridized carbons (Fsp3) is 0.429. The van der Waals surface area contributed by atoms with Crippen LogP contribution in [0.2, 0.25) is 0 Å². The maximum Gasteiger partial charge on any atom is 0.254 e. The zero-order valence-electron chi connectivity index (χ0n) is 17.0. The number of benzene rings is 1. The van der Waals surface area contributed by atoms with E-state index in [0.29, 0.717) is 43.2 Å². The standard InChI is InChI=1S/C21H25N5O3/c1-14-13-22-15(2)20(23-14)25-7-9-26(10-8-25)21(27)16-4-5-17-18(12-16)29-19(24-17)6-11-28-3/h4-5,12-13H,6-11H2,1-3H3. The summed E-state index contributed by atoms with van der Waals surface area (Å²) in [5.74, 6) is 1.53. The van der Waals surface area contributed by atoms with Gasteiger partial charge in [0.25, 0.3) is 5.91 Å². The summed E-state index contributed by atoms with van der Waals surface area (Å²) >= 11 is 0. The van der Waals surface area contributed by atoms with Crippen molar-refractivity contribution in [3.05, 3.63) is 47.2 Å². The number of oxazole rings is 1. The lowest BCUT2D eigenvalue weighted by Crippen LogP contribution is -2.49. The zero-order valence-corrected chi connectivity index (χ0v) is 17.0. The molecule has 1 fully saturated rings. The van der Waals surface area contributed by atoms with Gasteiger partial charge in [0.05, 0.1) is 18.0 Å². The van der Waals surface area contributed by atoms with Gasteiger partial charge < -0.3 is 19.0 Å². The Morgan fingerprint density at radius 3 is 2.72 bits per heavy atom. The van der Waals surface area contributed by atoms with E-state index in [9.17, 15) is 4.79 Å². The van der Waals surface area contributed by atoms with E-state index in [1.807, 2.05) is 30.9 Å². The second-order valence-electron chi connectivity index (χ2n) is 7.23. The first-order valence-corrected chi connectivity index (χ1v) is 9.78. The molecule has 0 aliphatic carbocycles. The molecular formula is C21H25N5O3. The molecule has 1 aliphatic heterocycles. The smallest absolute Gasteiger partial charge is 0.254 e. The van der Waals surface area contributed by atoms with Crippen molar-refractivity contribution in [2.75, 3.05) is 44.8 Å². The molecule has 2 aromatic heterocycles. The molecule has 8 heteroatoms. The van der Waals surface area contributed by atoms with Gasteiger partial charge in [0.1, 0.15) is 11.3 Å². The molecule has 1 amide bonds. The van der Waals surface area contributed by atoms with Gasteiger partial charge >= 0.3 is 0 Å². The largest absolute Gasteiger partial charge is 0.441 e. The van der Waals surface area contributed by atoms with Crippen LogP contribution in [0.3, 0.4) is 0 Å². The lowest BCUT2D eigenvalue weighted by atomic mass is 10.1. The topological polar surface area (TPSA) is 84.6 Å². The number of nitrogens with zero attached hydrogens (tertiary/aromatic N) is 5. The third-order valence-corrected chi connectivity index (χ3v) is 5.12. The van der Waals surface area contributed by atoms with E-state index < -0.39 is 0 Å². The third-order valence-electron chi connectivity index (χ3n) is 5.12. The van der Waals surface area contributed by atoms with Crippen LogP contribution in [0.25, 0.3) is 11.1 Å². The van der Waals surface area contributed by atoms with Gasteiger partial charge in [0, 0.05) is 51.5 Å². The minimum atomic E-state index is 0.00781. The predicted molar refractivity (Wildman–Crippen MR) is 109 cm³/mol. The Labute approximate surface area is 169 Å². The number of fused-ring (bicyclic) bond motifs is 1. The molecule has 152 valence electrons. The highest BCUT2D eigenvalue weighted by molar-refractivity contribution is 5.97. The van der Waals surface area contributed by atoms with Crippen LogP contribution in [0.15, 0.2) is 28.8 Å². The van der Waals surface area contributed by atoms with Gasteiger partial charge in [-0.05, 0) is 32.0 Å². The number of piperazine rings is 1. The number of aryl methyl sites for hydroxylation is 2. The average Bonchev–Trinajstić information content (AvgIpc) is 3.15. The van der Waals surface area contributed by atoms with Gasteiger partial charge in [-0.25, -0.2) is 9.97 Å². The van der Waals surface area contributed by atoms with E-state index in [4.69, 9.17) is 9.15 Å². The number of methoxy groups -OCH3 is 1. The van der Waals surface area contributed by atoms with E-state index in [1.54, 1.807) is 19.4 Å². The third kappa shape index (κ3) is 4.07. The van der Waals surface area contributed by atoms with Gasteiger partial charge in [-0.2, -0.15) is 0 Å². The molecule has 0 N–H and O–H groups in total. The number of ether oxygens (including phenoxy) is 1. The molecule has 4 rings (SSSR count). The Balaban J connectivity index is 1.44. The highest BCUT2D eigenvalue weighted by atomic mass is 16.5. The van der Waals surface area contributed by atoms with Crippen LogP contribution in [0.5, 0.6) is 0 Å². The van der Waals surface area contributed by atoms with Crippen molar-refractivity contribution in [1.29, 1.82) is 0 Å². The molecule has 1 aromatic carbocycles. The molecule has 0 saturated carbocycles. The summed E-state index contributed by atoms with van der Waals surface area (Å²) in [6.45, 7) is 7.20. The molecule has 1 aliphatic rings. The van der Waals surface area contributed by atoms with E-state index in [-0.39, 0.29) is 5.91 Å². The Morgan fingerprint density at radius 1 is 1.17 bits per heavy atom. The number of hydrogen-bond donors (Lipinski definition) is 0. The van der Waals surface area contributed by atoms with Crippen molar-refractivity contribution in [3.8, 4) is 0 Å². The molecule has 0 unspecified atom stereocenters.